The predicted octanol–water partition coefficient (Wildman–Crippen LogP) is 3.87. The van der Waals surface area contributed by atoms with E-state index >= 15 is 4.39 Å². The fourth-order valence-electron chi connectivity index (χ4n) is 6.14. The number of hydrogen-bond donors (Lipinski definition) is 1. The summed E-state index contributed by atoms with van der Waals surface area (Å²) in [6.07, 6.45) is 8.52. The van der Waals surface area contributed by atoms with Crippen LogP contribution in [0.15, 0.2) is 24.4 Å². The first-order chi connectivity index (χ1) is 18.6. The number of benzene rings is 1. The number of nitrogens with one attached hydrogen (secondary N) is 1. The zero-order valence-electron chi connectivity index (χ0n) is 21.9. The summed E-state index contributed by atoms with van der Waals surface area (Å²) in [4.78, 5) is 18.4. The molecule has 1 aromatic carbocycles. The number of hydrogen-bond acceptors (Lipinski definition) is 8. The van der Waals surface area contributed by atoms with Crippen molar-refractivity contribution >= 4 is 16.7 Å². The predicted molar refractivity (Wildman–Crippen MR) is 145 cm³/mol. The Labute approximate surface area is 222 Å². The van der Waals surface area contributed by atoms with Gasteiger partial charge in [0.25, 0.3) is 0 Å². The van der Waals surface area contributed by atoms with E-state index in [2.05, 4.69) is 44.3 Å². The van der Waals surface area contributed by atoms with Crippen LogP contribution < -0.4 is 15.0 Å². The van der Waals surface area contributed by atoms with Crippen LogP contribution in [0.5, 0.6) is 6.01 Å². The quantitative estimate of drug-likeness (QED) is 0.529. The fraction of sp³-hybridized carbons (Fsp3) is 0.517. The summed E-state index contributed by atoms with van der Waals surface area (Å²) in [6.45, 7) is 3.51. The average Bonchev–Trinajstić information content (AvgIpc) is 3.36. The fourth-order valence-corrected chi connectivity index (χ4v) is 6.14. The van der Waals surface area contributed by atoms with Gasteiger partial charge in [0.1, 0.15) is 23.6 Å². The molecule has 6 rings (SSSR count). The van der Waals surface area contributed by atoms with Crippen molar-refractivity contribution in [2.75, 3.05) is 44.7 Å². The minimum absolute atomic E-state index is 0.0168. The summed E-state index contributed by atoms with van der Waals surface area (Å²) < 4.78 is 22.5. The van der Waals surface area contributed by atoms with Crippen LogP contribution in [-0.4, -0.2) is 71.8 Å². The molecule has 2 aromatic heterocycles. The molecule has 0 spiro atoms. The van der Waals surface area contributed by atoms with Crippen molar-refractivity contribution in [1.82, 2.24) is 25.2 Å². The van der Waals surface area contributed by atoms with Crippen molar-refractivity contribution in [3.63, 3.8) is 0 Å². The molecule has 0 bridgehead atoms. The first-order valence-electron chi connectivity index (χ1n) is 13.8. The first kappa shape index (κ1) is 25.0. The van der Waals surface area contributed by atoms with Gasteiger partial charge in [-0.25, -0.2) is 4.39 Å². The van der Waals surface area contributed by atoms with Crippen molar-refractivity contribution in [1.29, 1.82) is 5.26 Å². The molecule has 0 saturated carbocycles. The highest BCUT2D eigenvalue weighted by Crippen LogP contribution is 2.36. The van der Waals surface area contributed by atoms with Gasteiger partial charge < -0.3 is 19.9 Å². The summed E-state index contributed by atoms with van der Waals surface area (Å²) >= 11 is 0. The Hall–Kier alpha value is -3.35. The molecule has 2 unspecified atom stereocenters. The molecule has 198 valence electrons. The van der Waals surface area contributed by atoms with Crippen molar-refractivity contribution < 1.29 is 9.13 Å². The van der Waals surface area contributed by atoms with Crippen LogP contribution >= 0.6 is 0 Å². The third kappa shape index (κ3) is 4.79. The highest BCUT2D eigenvalue weighted by Gasteiger charge is 2.27. The number of nitriles is 1. The molecular weight excluding hydrogens is 481 g/mol. The van der Waals surface area contributed by atoms with Gasteiger partial charge in [0, 0.05) is 43.5 Å². The maximum Gasteiger partial charge on any atom is 0.319 e. The minimum Gasteiger partial charge on any atom is -0.462 e. The molecule has 2 aliphatic heterocycles. The molecule has 0 amide bonds. The lowest BCUT2D eigenvalue weighted by atomic mass is 9.87. The van der Waals surface area contributed by atoms with Crippen LogP contribution in [0.3, 0.4) is 0 Å². The molecule has 1 N–H and O–H groups in total. The number of pyridine rings is 1. The first-order valence-corrected chi connectivity index (χ1v) is 13.8. The van der Waals surface area contributed by atoms with E-state index in [1.165, 1.54) is 11.1 Å². The van der Waals surface area contributed by atoms with Gasteiger partial charge in [0.2, 0.25) is 0 Å². The van der Waals surface area contributed by atoms with E-state index in [-0.39, 0.29) is 17.6 Å². The number of nitrogens with zero attached hydrogens (tertiary/aromatic N) is 6. The number of ether oxygens (including phenoxy) is 1. The van der Waals surface area contributed by atoms with Crippen LogP contribution in [0.2, 0.25) is 0 Å². The topological polar surface area (TPSA) is 90.2 Å². The van der Waals surface area contributed by atoms with E-state index in [4.69, 9.17) is 9.72 Å². The normalized spacial score (nSPS) is 21.9. The minimum atomic E-state index is -0.434. The van der Waals surface area contributed by atoms with E-state index in [9.17, 15) is 5.26 Å². The van der Waals surface area contributed by atoms with E-state index in [1.54, 1.807) is 6.20 Å². The van der Waals surface area contributed by atoms with Crippen LogP contribution in [-0.2, 0) is 12.8 Å². The lowest BCUT2D eigenvalue weighted by Crippen LogP contribution is -2.51. The standard InChI is InChI=1S/C29H34FN7O/c1-36-14-5-8-21(36)18-38-29-34-27-24(28(35-29)37-15-13-32-20(17-37)11-12-31)16-33-26(25(27)30)23-10-4-7-19-6-2-3-9-22(19)23/h4,7,10,16,20-21,32H,2-3,5-6,8-9,11,13-15,17-18H2,1H3. The number of likely N-dealkylation sites (tertiary alicyclic amines) is 1. The highest BCUT2D eigenvalue weighted by atomic mass is 19.1. The van der Waals surface area contributed by atoms with Gasteiger partial charge in [-0.05, 0) is 63.2 Å². The number of aromatic nitrogens is 3. The molecule has 8 nitrogen and oxygen atoms in total. The number of likely N-dealkylation sites (N-methyl/N-ethyl adjacent to an activating group) is 1. The van der Waals surface area contributed by atoms with E-state index < -0.39 is 5.82 Å². The van der Waals surface area contributed by atoms with Crippen LogP contribution in [0.25, 0.3) is 22.2 Å². The molecule has 0 radical (unpaired) electrons. The van der Waals surface area contributed by atoms with Crippen LogP contribution in [0, 0.1) is 17.1 Å². The molecule has 1 aliphatic carbocycles. The largest absolute Gasteiger partial charge is 0.462 e. The maximum absolute atomic E-state index is 16.4. The number of aryl methyl sites for hydroxylation is 1. The number of piperazine rings is 1. The molecular formula is C29H34FN7O. The SMILES string of the molecule is CN1CCCC1COc1nc(N2CCNC(CC#N)C2)c2cnc(-c3cccc4c3CCCC4)c(F)c2n1. The van der Waals surface area contributed by atoms with Crippen molar-refractivity contribution in [2.45, 2.75) is 57.0 Å². The average molecular weight is 516 g/mol. The summed E-state index contributed by atoms with van der Waals surface area (Å²) in [6, 6.07) is 8.87. The van der Waals surface area contributed by atoms with E-state index in [0.29, 0.717) is 55.6 Å². The molecule has 2 fully saturated rings. The monoisotopic (exact) mass is 515 g/mol. The summed E-state index contributed by atoms with van der Waals surface area (Å²) in [5.41, 5.74) is 3.91. The zero-order chi connectivity index (χ0) is 26.1. The Balaban J connectivity index is 1.43. The Morgan fingerprint density at radius 2 is 2.08 bits per heavy atom. The molecule has 2 atom stereocenters. The third-order valence-electron chi connectivity index (χ3n) is 8.26. The zero-order valence-corrected chi connectivity index (χ0v) is 21.9. The van der Waals surface area contributed by atoms with E-state index in [1.807, 2.05) is 12.1 Å². The molecule has 3 aromatic rings. The van der Waals surface area contributed by atoms with Crippen molar-refractivity contribution in [2.24, 2.45) is 0 Å². The summed E-state index contributed by atoms with van der Waals surface area (Å²) in [5.74, 6) is 0.180. The molecule has 3 aliphatic rings. The van der Waals surface area contributed by atoms with Gasteiger partial charge in [-0.3, -0.25) is 4.98 Å². The van der Waals surface area contributed by atoms with Crippen LogP contribution in [0.1, 0.15) is 43.2 Å². The Bertz CT molecular complexity index is 1370. The second-order valence-electron chi connectivity index (χ2n) is 10.7. The van der Waals surface area contributed by atoms with Gasteiger partial charge >= 0.3 is 6.01 Å². The molecule has 4 heterocycles. The molecule has 38 heavy (non-hydrogen) atoms. The highest BCUT2D eigenvalue weighted by molar-refractivity contribution is 5.92. The second-order valence-corrected chi connectivity index (χ2v) is 10.7. The van der Waals surface area contributed by atoms with E-state index in [0.717, 1.165) is 50.6 Å². The lowest BCUT2D eigenvalue weighted by molar-refractivity contribution is 0.188. The van der Waals surface area contributed by atoms with Gasteiger partial charge in [-0.15, -0.1) is 0 Å². The molecule has 9 heteroatoms. The summed E-state index contributed by atoms with van der Waals surface area (Å²) in [7, 11) is 2.10. The summed E-state index contributed by atoms with van der Waals surface area (Å²) in [5, 5.41) is 13.2. The Kier molecular flexibility index (Phi) is 7.09. The second kappa shape index (κ2) is 10.8. The van der Waals surface area contributed by atoms with Gasteiger partial charge in [-0.2, -0.15) is 15.2 Å². The molecule has 2 saturated heterocycles. The Morgan fingerprint density at radius 1 is 1.18 bits per heavy atom. The van der Waals surface area contributed by atoms with Gasteiger partial charge in [0.15, 0.2) is 5.82 Å². The maximum atomic E-state index is 16.4. The third-order valence-corrected chi connectivity index (χ3v) is 8.26. The van der Waals surface area contributed by atoms with Crippen LogP contribution in [0.4, 0.5) is 10.2 Å². The smallest absolute Gasteiger partial charge is 0.319 e. The number of rotatable bonds is 6. The van der Waals surface area contributed by atoms with Gasteiger partial charge in [0.05, 0.1) is 17.9 Å². The van der Waals surface area contributed by atoms with Crippen molar-refractivity contribution in [3.8, 4) is 23.3 Å². The number of fused-ring (bicyclic) bond motifs is 2. The Morgan fingerprint density at radius 3 is 2.92 bits per heavy atom. The van der Waals surface area contributed by atoms with Gasteiger partial charge in [-0.1, -0.05) is 18.2 Å². The van der Waals surface area contributed by atoms with Crippen molar-refractivity contribution in [3.05, 3.63) is 41.3 Å². The number of halogens is 1. The number of anilines is 1. The lowest BCUT2D eigenvalue weighted by Gasteiger charge is -2.34.